The minimum atomic E-state index is -0.105. The monoisotopic (exact) mass is 355 g/mol. The van der Waals surface area contributed by atoms with E-state index in [1.54, 1.807) is 30.3 Å². The third-order valence-corrected chi connectivity index (χ3v) is 4.83. The van der Waals surface area contributed by atoms with Crippen molar-refractivity contribution in [2.75, 3.05) is 24.6 Å². The van der Waals surface area contributed by atoms with Crippen LogP contribution in [0.4, 0.5) is 11.4 Å². The highest BCUT2D eigenvalue weighted by Gasteiger charge is 2.19. The lowest BCUT2D eigenvalue weighted by Crippen LogP contribution is -2.42. The van der Waals surface area contributed by atoms with E-state index >= 15 is 0 Å². The highest BCUT2D eigenvalue weighted by Crippen LogP contribution is 2.22. The number of rotatable bonds is 8. The van der Waals surface area contributed by atoms with Gasteiger partial charge in [-0.25, -0.2) is 0 Å². The Kier molecular flexibility index (Phi) is 6.64. The molecule has 0 saturated carbocycles. The molecule has 2 aromatic carbocycles. The average Bonchev–Trinajstić information content (AvgIpc) is 2.64. The Morgan fingerprint density at radius 2 is 1.65 bits per heavy atom. The smallest absolute Gasteiger partial charge is 0.193 e. The molecule has 140 valence electrons. The normalized spacial score (nSPS) is 13.4. The van der Waals surface area contributed by atoms with Gasteiger partial charge < -0.3 is 16.2 Å². The molecule has 0 aliphatic rings. The quantitative estimate of drug-likeness (QED) is 0.559. The Bertz CT molecular complexity index is 757. The molecule has 0 bridgehead atoms. The van der Waals surface area contributed by atoms with E-state index < -0.39 is 0 Å². The molecule has 5 heteroatoms. The zero-order chi connectivity index (χ0) is 19.3. The highest BCUT2D eigenvalue weighted by atomic mass is 16.5. The van der Waals surface area contributed by atoms with E-state index in [1.165, 1.54) is 0 Å². The van der Waals surface area contributed by atoms with Gasteiger partial charge in [0.15, 0.2) is 5.78 Å². The van der Waals surface area contributed by atoms with E-state index in [0.29, 0.717) is 28.3 Å². The number of anilines is 2. The fourth-order valence-electron chi connectivity index (χ4n) is 3.00. The topological polar surface area (TPSA) is 81.6 Å². The summed E-state index contributed by atoms with van der Waals surface area (Å²) < 4.78 is 6.09. The second kappa shape index (κ2) is 8.72. The summed E-state index contributed by atoms with van der Waals surface area (Å²) in [4.78, 5) is 15.1. The summed E-state index contributed by atoms with van der Waals surface area (Å²) in [6.45, 7) is 10.4. The Morgan fingerprint density at radius 1 is 1.00 bits per heavy atom. The van der Waals surface area contributed by atoms with Crippen molar-refractivity contribution in [3.05, 3.63) is 53.6 Å². The molecule has 0 aromatic heterocycles. The molecule has 2 rings (SSSR count). The van der Waals surface area contributed by atoms with Crippen LogP contribution in [0, 0.1) is 0 Å². The average molecular weight is 355 g/mol. The predicted molar refractivity (Wildman–Crippen MR) is 108 cm³/mol. The van der Waals surface area contributed by atoms with Crippen molar-refractivity contribution in [2.45, 2.75) is 39.8 Å². The standard InChI is InChI=1S/C21H29N3O2/c1-5-24(6-2)14(3)15(4)26-18-9-7-8-16(12-18)21(25)17-10-11-19(22)20(23)13-17/h7-15H,5-6,22-23H2,1-4H3. The molecule has 26 heavy (non-hydrogen) atoms. The number of hydrogen-bond donors (Lipinski definition) is 2. The molecule has 0 aliphatic carbocycles. The third-order valence-electron chi connectivity index (χ3n) is 4.83. The van der Waals surface area contributed by atoms with Crippen LogP contribution < -0.4 is 16.2 Å². The zero-order valence-corrected chi connectivity index (χ0v) is 16.0. The number of ketones is 1. The Hall–Kier alpha value is -2.53. The predicted octanol–water partition coefficient (Wildman–Crippen LogP) is 3.58. The van der Waals surface area contributed by atoms with Crippen molar-refractivity contribution in [3.63, 3.8) is 0 Å². The van der Waals surface area contributed by atoms with Crippen molar-refractivity contribution in [3.8, 4) is 5.75 Å². The number of nitrogen functional groups attached to an aromatic ring is 2. The molecule has 4 N–H and O–H groups in total. The molecule has 0 heterocycles. The van der Waals surface area contributed by atoms with Crippen LogP contribution in [0.3, 0.4) is 0 Å². The van der Waals surface area contributed by atoms with Gasteiger partial charge in [-0.1, -0.05) is 26.0 Å². The summed E-state index contributed by atoms with van der Waals surface area (Å²) >= 11 is 0. The summed E-state index contributed by atoms with van der Waals surface area (Å²) in [5.74, 6) is 0.581. The molecular weight excluding hydrogens is 326 g/mol. The number of nitrogens with zero attached hydrogens (tertiary/aromatic N) is 1. The summed E-state index contributed by atoms with van der Waals surface area (Å²) in [5, 5.41) is 0. The molecule has 0 radical (unpaired) electrons. The van der Waals surface area contributed by atoms with Crippen LogP contribution >= 0.6 is 0 Å². The van der Waals surface area contributed by atoms with E-state index in [2.05, 4.69) is 32.6 Å². The van der Waals surface area contributed by atoms with Gasteiger partial charge in [0.2, 0.25) is 0 Å². The van der Waals surface area contributed by atoms with E-state index in [1.807, 2.05) is 12.1 Å². The number of carbonyl (C=O) groups is 1. The lowest BCUT2D eigenvalue weighted by Gasteiger charge is -2.31. The lowest BCUT2D eigenvalue weighted by molar-refractivity contribution is 0.0944. The molecule has 2 aromatic rings. The SMILES string of the molecule is CCN(CC)C(C)C(C)Oc1cccc(C(=O)c2ccc(N)c(N)c2)c1. The van der Waals surface area contributed by atoms with Gasteiger partial charge in [-0.3, -0.25) is 9.69 Å². The van der Waals surface area contributed by atoms with Crippen LogP contribution in [0.2, 0.25) is 0 Å². The Labute approximate surface area is 155 Å². The van der Waals surface area contributed by atoms with Gasteiger partial charge >= 0.3 is 0 Å². The van der Waals surface area contributed by atoms with Gasteiger partial charge in [0.25, 0.3) is 0 Å². The van der Waals surface area contributed by atoms with Crippen molar-refractivity contribution in [1.82, 2.24) is 4.90 Å². The molecule has 0 saturated heterocycles. The first-order valence-corrected chi connectivity index (χ1v) is 9.07. The van der Waals surface area contributed by atoms with E-state index in [0.717, 1.165) is 13.1 Å². The maximum absolute atomic E-state index is 12.7. The fraction of sp³-hybridized carbons (Fsp3) is 0.381. The van der Waals surface area contributed by atoms with E-state index in [4.69, 9.17) is 16.2 Å². The van der Waals surface area contributed by atoms with Gasteiger partial charge in [0, 0.05) is 17.2 Å². The number of benzene rings is 2. The van der Waals surface area contributed by atoms with Gasteiger partial charge in [-0.05, 0) is 57.3 Å². The number of likely N-dealkylation sites (N-methyl/N-ethyl adjacent to an activating group) is 1. The molecule has 0 amide bonds. The van der Waals surface area contributed by atoms with E-state index in [9.17, 15) is 4.79 Å². The van der Waals surface area contributed by atoms with Crippen LogP contribution in [0.1, 0.15) is 43.6 Å². The van der Waals surface area contributed by atoms with Gasteiger partial charge in [0.1, 0.15) is 11.9 Å². The minimum absolute atomic E-state index is 0.00687. The Morgan fingerprint density at radius 3 is 2.27 bits per heavy atom. The summed E-state index contributed by atoms with van der Waals surface area (Å²) in [5.41, 5.74) is 13.5. The molecule has 5 nitrogen and oxygen atoms in total. The first-order chi connectivity index (χ1) is 12.4. The summed E-state index contributed by atoms with van der Waals surface area (Å²) in [6, 6.07) is 12.5. The molecule has 0 fully saturated rings. The van der Waals surface area contributed by atoms with Gasteiger partial charge in [0.05, 0.1) is 11.4 Å². The first kappa shape index (κ1) is 19.8. The summed E-state index contributed by atoms with van der Waals surface area (Å²) in [6.07, 6.45) is 0.00687. The highest BCUT2D eigenvalue weighted by molar-refractivity contribution is 6.10. The van der Waals surface area contributed by atoms with Crippen LogP contribution in [0.25, 0.3) is 0 Å². The number of ether oxygens (including phenoxy) is 1. The number of hydrogen-bond acceptors (Lipinski definition) is 5. The second-order valence-electron chi connectivity index (χ2n) is 6.49. The largest absolute Gasteiger partial charge is 0.489 e. The summed E-state index contributed by atoms with van der Waals surface area (Å²) in [7, 11) is 0. The number of nitrogens with two attached hydrogens (primary N) is 2. The van der Waals surface area contributed by atoms with Gasteiger partial charge in [-0.15, -0.1) is 0 Å². The van der Waals surface area contributed by atoms with Crippen LogP contribution in [-0.2, 0) is 0 Å². The van der Waals surface area contributed by atoms with Crippen molar-refractivity contribution < 1.29 is 9.53 Å². The minimum Gasteiger partial charge on any atom is -0.489 e. The van der Waals surface area contributed by atoms with E-state index in [-0.39, 0.29) is 17.9 Å². The Balaban J connectivity index is 2.16. The van der Waals surface area contributed by atoms with Crippen LogP contribution in [0.15, 0.2) is 42.5 Å². The van der Waals surface area contributed by atoms with Crippen LogP contribution in [0.5, 0.6) is 5.75 Å². The van der Waals surface area contributed by atoms with Crippen molar-refractivity contribution in [1.29, 1.82) is 0 Å². The molecule has 2 unspecified atom stereocenters. The molecular formula is C21H29N3O2. The fourth-order valence-corrected chi connectivity index (χ4v) is 3.00. The third kappa shape index (κ3) is 4.55. The van der Waals surface area contributed by atoms with Crippen LogP contribution in [-0.4, -0.2) is 35.9 Å². The number of carbonyl (C=O) groups excluding carboxylic acids is 1. The molecule has 0 aliphatic heterocycles. The molecule has 2 atom stereocenters. The lowest BCUT2D eigenvalue weighted by atomic mass is 10.0. The molecule has 0 spiro atoms. The second-order valence-corrected chi connectivity index (χ2v) is 6.49. The van der Waals surface area contributed by atoms with Crippen molar-refractivity contribution in [2.24, 2.45) is 0 Å². The zero-order valence-electron chi connectivity index (χ0n) is 16.0. The maximum Gasteiger partial charge on any atom is 0.193 e. The first-order valence-electron chi connectivity index (χ1n) is 9.07. The maximum atomic E-state index is 12.7. The van der Waals surface area contributed by atoms with Gasteiger partial charge in [-0.2, -0.15) is 0 Å². The van der Waals surface area contributed by atoms with Crippen molar-refractivity contribution >= 4 is 17.2 Å².